The summed E-state index contributed by atoms with van der Waals surface area (Å²) in [6, 6.07) is 4.39. The number of hydrogen-bond donors (Lipinski definition) is 1. The molecule has 2 aromatic heterocycles. The Morgan fingerprint density at radius 2 is 2.20 bits per heavy atom. The number of imidazole rings is 1. The lowest BCUT2D eigenvalue weighted by Gasteiger charge is -2.16. The summed E-state index contributed by atoms with van der Waals surface area (Å²) in [6.45, 7) is 0. The van der Waals surface area contributed by atoms with Crippen molar-refractivity contribution in [3.8, 4) is 5.88 Å². The number of aromatic nitrogens is 3. The van der Waals surface area contributed by atoms with Crippen LogP contribution >= 0.6 is 0 Å². The van der Waals surface area contributed by atoms with Crippen molar-refractivity contribution in [2.45, 2.75) is 25.3 Å². The van der Waals surface area contributed by atoms with Crippen LogP contribution < -0.4 is 10.1 Å². The minimum Gasteiger partial charge on any atom is -0.481 e. The van der Waals surface area contributed by atoms with Crippen LogP contribution in [0.1, 0.15) is 17.8 Å². The van der Waals surface area contributed by atoms with E-state index >= 15 is 0 Å². The summed E-state index contributed by atoms with van der Waals surface area (Å²) in [5.41, 5.74) is 1.21. The van der Waals surface area contributed by atoms with Crippen molar-refractivity contribution < 1.29 is 4.74 Å². The minimum atomic E-state index is 0.418. The molecule has 0 fully saturated rings. The predicted octanol–water partition coefficient (Wildman–Crippen LogP) is 1.59. The summed E-state index contributed by atoms with van der Waals surface area (Å²) in [6.07, 6.45) is 8.68. The highest BCUT2D eigenvalue weighted by Gasteiger charge is 2.10. The second-order valence-corrected chi connectivity index (χ2v) is 4.89. The molecule has 0 aliphatic carbocycles. The number of ether oxygens (including phenoxy) is 1. The second kappa shape index (κ2) is 7.05. The maximum atomic E-state index is 5.07. The molecule has 2 rings (SSSR count). The quantitative estimate of drug-likeness (QED) is 0.833. The third kappa shape index (κ3) is 3.81. The van der Waals surface area contributed by atoms with E-state index in [0.717, 1.165) is 25.1 Å². The van der Waals surface area contributed by atoms with E-state index < -0.39 is 0 Å². The monoisotopic (exact) mass is 274 g/mol. The Labute approximate surface area is 120 Å². The van der Waals surface area contributed by atoms with E-state index in [0.29, 0.717) is 11.9 Å². The zero-order valence-electron chi connectivity index (χ0n) is 12.3. The van der Waals surface area contributed by atoms with E-state index in [2.05, 4.69) is 25.9 Å². The number of likely N-dealkylation sites (N-methyl/N-ethyl adjacent to an activating group) is 1. The molecule has 2 heterocycles. The number of nitrogens with one attached hydrogen (secondary N) is 1. The Morgan fingerprint density at radius 3 is 2.75 bits per heavy atom. The zero-order valence-corrected chi connectivity index (χ0v) is 12.3. The SMILES string of the molecule is CNC(CCc1nccn1C)Cc1ccc(OC)nc1. The molecule has 0 bridgehead atoms. The first-order valence-electron chi connectivity index (χ1n) is 6.85. The van der Waals surface area contributed by atoms with Gasteiger partial charge in [0.05, 0.1) is 7.11 Å². The zero-order chi connectivity index (χ0) is 14.4. The molecular weight excluding hydrogens is 252 g/mol. The first kappa shape index (κ1) is 14.5. The van der Waals surface area contributed by atoms with Crippen LogP contribution in [0.3, 0.4) is 0 Å². The van der Waals surface area contributed by atoms with Crippen molar-refractivity contribution in [2.75, 3.05) is 14.2 Å². The third-order valence-corrected chi connectivity index (χ3v) is 3.53. The first-order chi connectivity index (χ1) is 9.72. The van der Waals surface area contributed by atoms with Gasteiger partial charge >= 0.3 is 0 Å². The number of rotatable bonds is 7. The van der Waals surface area contributed by atoms with Crippen molar-refractivity contribution >= 4 is 0 Å². The van der Waals surface area contributed by atoms with Crippen LogP contribution in [0.15, 0.2) is 30.7 Å². The van der Waals surface area contributed by atoms with Gasteiger partial charge in [0.25, 0.3) is 0 Å². The molecule has 0 spiro atoms. The molecule has 5 nitrogen and oxygen atoms in total. The van der Waals surface area contributed by atoms with Gasteiger partial charge in [-0.25, -0.2) is 9.97 Å². The Kier molecular flexibility index (Phi) is 5.12. The highest BCUT2D eigenvalue weighted by molar-refractivity contribution is 5.18. The Bertz CT molecular complexity index is 521. The Hall–Kier alpha value is -1.88. The molecule has 1 N–H and O–H groups in total. The summed E-state index contributed by atoms with van der Waals surface area (Å²) < 4.78 is 7.14. The molecule has 2 aromatic rings. The van der Waals surface area contributed by atoms with E-state index in [4.69, 9.17) is 4.74 Å². The maximum absolute atomic E-state index is 5.07. The highest BCUT2D eigenvalue weighted by Crippen LogP contribution is 2.11. The van der Waals surface area contributed by atoms with Crippen LogP contribution in [0.4, 0.5) is 0 Å². The number of hydrogen-bond acceptors (Lipinski definition) is 4. The fourth-order valence-electron chi connectivity index (χ4n) is 2.23. The summed E-state index contributed by atoms with van der Waals surface area (Å²) in [5, 5.41) is 3.36. The second-order valence-electron chi connectivity index (χ2n) is 4.89. The standard InChI is InChI=1S/C15H22N4O/c1-16-13(5-6-14-17-8-9-19(14)2)10-12-4-7-15(20-3)18-11-12/h4,7-9,11,13,16H,5-6,10H2,1-3H3. The van der Waals surface area contributed by atoms with Crippen LogP contribution in [0, 0.1) is 0 Å². The van der Waals surface area contributed by atoms with Crippen LogP contribution in [0.2, 0.25) is 0 Å². The van der Waals surface area contributed by atoms with E-state index in [9.17, 15) is 0 Å². The number of aryl methyl sites for hydroxylation is 2. The normalized spacial score (nSPS) is 12.3. The molecule has 0 aliphatic rings. The molecule has 0 amide bonds. The van der Waals surface area contributed by atoms with Gasteiger partial charge in [-0.05, 0) is 25.5 Å². The molecule has 0 radical (unpaired) electrons. The number of methoxy groups -OCH3 is 1. The largest absolute Gasteiger partial charge is 0.481 e. The molecular formula is C15H22N4O. The van der Waals surface area contributed by atoms with Crippen LogP contribution in [0.5, 0.6) is 5.88 Å². The van der Waals surface area contributed by atoms with Gasteiger partial charge in [-0.2, -0.15) is 0 Å². The van der Waals surface area contributed by atoms with Gasteiger partial charge in [-0.15, -0.1) is 0 Å². The molecule has 0 saturated carbocycles. The van der Waals surface area contributed by atoms with Crippen molar-refractivity contribution in [1.29, 1.82) is 0 Å². The van der Waals surface area contributed by atoms with Crippen LogP contribution in [0.25, 0.3) is 0 Å². The predicted molar refractivity (Wildman–Crippen MR) is 78.9 cm³/mol. The lowest BCUT2D eigenvalue weighted by Crippen LogP contribution is -2.28. The van der Waals surface area contributed by atoms with Gasteiger partial charge in [0.2, 0.25) is 5.88 Å². The van der Waals surface area contributed by atoms with Gasteiger partial charge in [0.15, 0.2) is 0 Å². The average molecular weight is 274 g/mol. The average Bonchev–Trinajstić information content (AvgIpc) is 2.89. The topological polar surface area (TPSA) is 52.0 Å². The van der Waals surface area contributed by atoms with Crippen molar-refractivity contribution in [3.05, 3.63) is 42.1 Å². The smallest absolute Gasteiger partial charge is 0.212 e. The molecule has 0 aromatic carbocycles. The van der Waals surface area contributed by atoms with Gasteiger partial charge in [0, 0.05) is 44.2 Å². The third-order valence-electron chi connectivity index (χ3n) is 3.53. The van der Waals surface area contributed by atoms with Crippen LogP contribution in [-0.4, -0.2) is 34.7 Å². The summed E-state index contributed by atoms with van der Waals surface area (Å²) >= 11 is 0. The molecule has 1 unspecified atom stereocenters. The van der Waals surface area contributed by atoms with E-state index in [1.165, 1.54) is 5.56 Å². The molecule has 0 saturated heterocycles. The van der Waals surface area contributed by atoms with E-state index in [1.54, 1.807) is 7.11 Å². The fraction of sp³-hybridized carbons (Fsp3) is 0.467. The number of pyridine rings is 1. The molecule has 5 heteroatoms. The van der Waals surface area contributed by atoms with Gasteiger partial charge < -0.3 is 14.6 Å². The first-order valence-corrected chi connectivity index (χ1v) is 6.85. The van der Waals surface area contributed by atoms with Gasteiger partial charge in [-0.1, -0.05) is 6.07 Å². The Balaban J connectivity index is 1.89. The number of nitrogens with zero attached hydrogens (tertiary/aromatic N) is 3. The van der Waals surface area contributed by atoms with Crippen molar-refractivity contribution in [2.24, 2.45) is 7.05 Å². The lowest BCUT2D eigenvalue weighted by atomic mass is 10.0. The molecule has 1 atom stereocenters. The van der Waals surface area contributed by atoms with E-state index in [-0.39, 0.29) is 0 Å². The summed E-state index contributed by atoms with van der Waals surface area (Å²) in [7, 11) is 5.66. The molecule has 20 heavy (non-hydrogen) atoms. The molecule has 0 aliphatic heterocycles. The fourth-order valence-corrected chi connectivity index (χ4v) is 2.23. The summed E-state index contributed by atoms with van der Waals surface area (Å²) in [5.74, 6) is 1.78. The van der Waals surface area contributed by atoms with Gasteiger partial charge in [0.1, 0.15) is 5.82 Å². The maximum Gasteiger partial charge on any atom is 0.212 e. The highest BCUT2D eigenvalue weighted by atomic mass is 16.5. The lowest BCUT2D eigenvalue weighted by molar-refractivity contribution is 0.397. The minimum absolute atomic E-state index is 0.418. The van der Waals surface area contributed by atoms with Crippen molar-refractivity contribution in [3.63, 3.8) is 0 Å². The van der Waals surface area contributed by atoms with Crippen molar-refractivity contribution in [1.82, 2.24) is 19.9 Å². The van der Waals surface area contributed by atoms with Crippen LogP contribution in [-0.2, 0) is 19.9 Å². The Morgan fingerprint density at radius 1 is 1.35 bits per heavy atom. The summed E-state index contributed by atoms with van der Waals surface area (Å²) in [4.78, 5) is 8.60. The van der Waals surface area contributed by atoms with Gasteiger partial charge in [-0.3, -0.25) is 0 Å². The van der Waals surface area contributed by atoms with E-state index in [1.807, 2.05) is 38.8 Å². The molecule has 108 valence electrons.